The minimum Gasteiger partial charge on any atom is -0.486 e. The molecule has 1 spiro atoms. The maximum atomic E-state index is 13.9. The van der Waals surface area contributed by atoms with Gasteiger partial charge in [-0.05, 0) is 55.5 Å². The summed E-state index contributed by atoms with van der Waals surface area (Å²) >= 11 is 0. The van der Waals surface area contributed by atoms with Crippen molar-refractivity contribution in [3.63, 3.8) is 0 Å². The molecular weight excluding hydrogens is 397 g/mol. The Morgan fingerprint density at radius 1 is 0.967 bits per heavy atom. The lowest BCUT2D eigenvalue weighted by Crippen LogP contribution is -2.44. The molecule has 7 heteroatoms. The topological polar surface area (TPSA) is 52.6 Å². The third-order valence-electron chi connectivity index (χ3n) is 6.37. The first-order valence-electron chi connectivity index (χ1n) is 10.1. The molecule has 2 heterocycles. The van der Waals surface area contributed by atoms with E-state index in [-0.39, 0.29) is 29.9 Å². The number of rotatable bonds is 1. The van der Waals surface area contributed by atoms with Crippen LogP contribution in [0.4, 0.5) is 13.2 Å². The van der Waals surface area contributed by atoms with E-state index in [9.17, 15) is 22.8 Å². The van der Waals surface area contributed by atoms with Gasteiger partial charge in [-0.3, -0.25) is 9.59 Å². The summed E-state index contributed by atoms with van der Waals surface area (Å²) < 4.78 is 53.2. The van der Waals surface area contributed by atoms with Crippen LogP contribution in [-0.2, 0) is 4.79 Å². The van der Waals surface area contributed by atoms with E-state index in [1.165, 1.54) is 6.07 Å². The van der Waals surface area contributed by atoms with Gasteiger partial charge in [-0.25, -0.2) is 13.2 Å². The predicted octanol–water partition coefficient (Wildman–Crippen LogP) is 5.21. The van der Waals surface area contributed by atoms with Crippen molar-refractivity contribution in [1.29, 1.82) is 0 Å². The molecule has 2 aliphatic heterocycles. The Hall–Kier alpha value is -2.83. The number of ketones is 1. The molecule has 5 rings (SSSR count). The van der Waals surface area contributed by atoms with E-state index in [1.54, 1.807) is 6.07 Å². The summed E-state index contributed by atoms with van der Waals surface area (Å²) in [5.74, 6) is -5.19. The van der Waals surface area contributed by atoms with Gasteiger partial charge < -0.3 is 9.47 Å². The fourth-order valence-corrected chi connectivity index (χ4v) is 4.94. The second kappa shape index (κ2) is 6.86. The maximum Gasteiger partial charge on any atom is 0.312 e. The number of Topliss-reactive ketones (excluding diaryl/α,β-unsaturated/α-hetero) is 1. The van der Waals surface area contributed by atoms with E-state index in [4.69, 9.17) is 9.47 Å². The van der Waals surface area contributed by atoms with Crippen LogP contribution in [0.5, 0.6) is 11.5 Å². The fourth-order valence-electron chi connectivity index (χ4n) is 4.94. The third kappa shape index (κ3) is 2.99. The third-order valence-corrected chi connectivity index (χ3v) is 6.37. The normalized spacial score (nSPS) is 22.2. The number of hydrogen-bond acceptors (Lipinski definition) is 4. The van der Waals surface area contributed by atoms with E-state index in [2.05, 4.69) is 0 Å². The van der Waals surface area contributed by atoms with E-state index in [1.807, 2.05) is 0 Å². The summed E-state index contributed by atoms with van der Waals surface area (Å²) in [7, 11) is 0. The van der Waals surface area contributed by atoms with Crippen molar-refractivity contribution in [1.82, 2.24) is 0 Å². The quantitative estimate of drug-likeness (QED) is 0.364. The molecule has 0 bridgehead atoms. The Balaban J connectivity index is 1.68. The number of benzene rings is 2. The average molecular weight is 416 g/mol. The van der Waals surface area contributed by atoms with E-state index >= 15 is 0 Å². The molecule has 156 valence electrons. The van der Waals surface area contributed by atoms with Crippen molar-refractivity contribution in [3.8, 4) is 11.5 Å². The standard InChI is InChI=1S/C23H19F3O4/c24-15-8-12(9-16(25)21(15)26)14-10-19(28)29-18-5-4-13-17(27)11-23(6-2-1-3-7-23)30-22(13)20(14)18/h4-5,8-9,14H,1-3,6-7,10-11H2. The molecule has 30 heavy (non-hydrogen) atoms. The highest BCUT2D eigenvalue weighted by Gasteiger charge is 2.45. The van der Waals surface area contributed by atoms with Crippen molar-refractivity contribution >= 4 is 11.8 Å². The van der Waals surface area contributed by atoms with Gasteiger partial charge in [0.15, 0.2) is 23.2 Å². The molecule has 1 unspecified atom stereocenters. The van der Waals surface area contributed by atoms with Gasteiger partial charge >= 0.3 is 5.97 Å². The van der Waals surface area contributed by atoms with Gasteiger partial charge in [-0.15, -0.1) is 0 Å². The molecule has 4 nitrogen and oxygen atoms in total. The highest BCUT2D eigenvalue weighted by molar-refractivity contribution is 6.01. The van der Waals surface area contributed by atoms with Crippen molar-refractivity contribution in [2.24, 2.45) is 0 Å². The lowest BCUT2D eigenvalue weighted by Gasteiger charge is -2.42. The number of carbonyl (C=O) groups excluding carboxylic acids is 2. The van der Waals surface area contributed by atoms with Gasteiger partial charge in [0.25, 0.3) is 0 Å². The second-order valence-corrected chi connectivity index (χ2v) is 8.33. The smallest absolute Gasteiger partial charge is 0.312 e. The molecule has 0 aromatic heterocycles. The molecule has 1 fully saturated rings. The maximum absolute atomic E-state index is 13.9. The summed E-state index contributed by atoms with van der Waals surface area (Å²) in [6, 6.07) is 4.83. The molecule has 0 N–H and O–H groups in total. The van der Waals surface area contributed by atoms with Crippen LogP contribution in [0.3, 0.4) is 0 Å². The molecule has 0 radical (unpaired) electrons. The highest BCUT2D eigenvalue weighted by Crippen LogP contribution is 2.51. The first-order chi connectivity index (χ1) is 14.4. The highest BCUT2D eigenvalue weighted by atomic mass is 19.2. The first kappa shape index (κ1) is 19.2. The molecule has 1 aliphatic carbocycles. The van der Waals surface area contributed by atoms with E-state index in [0.29, 0.717) is 16.9 Å². The van der Waals surface area contributed by atoms with Gasteiger partial charge in [0.2, 0.25) is 0 Å². The van der Waals surface area contributed by atoms with Crippen LogP contribution >= 0.6 is 0 Å². The summed E-state index contributed by atoms with van der Waals surface area (Å²) in [5.41, 5.74) is 0.270. The Morgan fingerprint density at radius 2 is 1.67 bits per heavy atom. The van der Waals surface area contributed by atoms with Crippen LogP contribution < -0.4 is 9.47 Å². The van der Waals surface area contributed by atoms with Crippen LogP contribution in [0, 0.1) is 17.5 Å². The lowest BCUT2D eigenvalue weighted by atomic mass is 9.76. The van der Waals surface area contributed by atoms with Gasteiger partial charge in [0.1, 0.15) is 17.1 Å². The van der Waals surface area contributed by atoms with Crippen molar-refractivity contribution in [2.75, 3.05) is 0 Å². The Kier molecular flexibility index (Phi) is 4.38. The van der Waals surface area contributed by atoms with Crippen LogP contribution in [0.2, 0.25) is 0 Å². The van der Waals surface area contributed by atoms with Crippen molar-refractivity contribution in [2.45, 2.75) is 56.5 Å². The largest absolute Gasteiger partial charge is 0.486 e. The number of ether oxygens (including phenoxy) is 2. The zero-order valence-electron chi connectivity index (χ0n) is 16.1. The fraction of sp³-hybridized carbons (Fsp3) is 0.391. The SMILES string of the molecule is O=C1CC(c2cc(F)c(F)c(F)c2)c2c(ccc3c2OC2(CCCCC2)CC3=O)O1. The van der Waals surface area contributed by atoms with Gasteiger partial charge in [-0.1, -0.05) is 6.42 Å². The zero-order valence-corrected chi connectivity index (χ0v) is 16.1. The molecule has 1 atom stereocenters. The van der Waals surface area contributed by atoms with Crippen LogP contribution in [0.25, 0.3) is 0 Å². The molecular formula is C23H19F3O4. The van der Waals surface area contributed by atoms with Gasteiger partial charge in [0.05, 0.1) is 18.4 Å². The number of hydrogen-bond donors (Lipinski definition) is 0. The first-order valence-corrected chi connectivity index (χ1v) is 10.1. The number of halogens is 3. The van der Waals surface area contributed by atoms with E-state index < -0.39 is 34.9 Å². The van der Waals surface area contributed by atoms with E-state index in [0.717, 1.165) is 44.2 Å². The molecule has 0 saturated heterocycles. The molecule has 0 amide bonds. The predicted molar refractivity (Wildman–Crippen MR) is 100 cm³/mol. The number of carbonyl (C=O) groups is 2. The zero-order chi connectivity index (χ0) is 21.0. The summed E-state index contributed by atoms with van der Waals surface area (Å²) in [6.45, 7) is 0. The Morgan fingerprint density at radius 3 is 2.37 bits per heavy atom. The van der Waals surface area contributed by atoms with Crippen molar-refractivity contribution < 1.29 is 32.2 Å². The van der Waals surface area contributed by atoms with Crippen LogP contribution in [0.15, 0.2) is 24.3 Å². The van der Waals surface area contributed by atoms with Crippen molar-refractivity contribution in [3.05, 3.63) is 58.4 Å². The molecule has 2 aromatic rings. The summed E-state index contributed by atoms with van der Waals surface area (Å²) in [5, 5.41) is 0. The summed E-state index contributed by atoms with van der Waals surface area (Å²) in [6.07, 6.45) is 4.54. The van der Waals surface area contributed by atoms with Gasteiger partial charge in [-0.2, -0.15) is 0 Å². The number of fused-ring (bicyclic) bond motifs is 3. The molecule has 3 aliphatic rings. The minimum atomic E-state index is -1.57. The van der Waals surface area contributed by atoms with Crippen LogP contribution in [-0.4, -0.2) is 17.4 Å². The second-order valence-electron chi connectivity index (χ2n) is 8.33. The van der Waals surface area contributed by atoms with Gasteiger partial charge in [0, 0.05) is 11.5 Å². The lowest BCUT2D eigenvalue weighted by molar-refractivity contribution is -0.135. The summed E-state index contributed by atoms with van der Waals surface area (Å²) in [4.78, 5) is 25.1. The van der Waals surface area contributed by atoms with Crippen LogP contribution in [0.1, 0.15) is 72.3 Å². The number of esters is 1. The Bertz CT molecular complexity index is 1050. The molecule has 1 saturated carbocycles. The average Bonchev–Trinajstić information content (AvgIpc) is 2.71. The Labute approximate surface area is 171 Å². The minimum absolute atomic E-state index is 0.0620. The monoisotopic (exact) mass is 416 g/mol. The molecule has 2 aromatic carbocycles.